The summed E-state index contributed by atoms with van der Waals surface area (Å²) in [6.07, 6.45) is 4.80. The predicted octanol–water partition coefficient (Wildman–Crippen LogP) is 1.14. The van der Waals surface area contributed by atoms with Crippen LogP contribution in [0.2, 0.25) is 0 Å². The summed E-state index contributed by atoms with van der Waals surface area (Å²) in [4.78, 5) is 40.9. The molecule has 2 fully saturated rings. The number of carbonyl (C=O) groups excluding carboxylic acids is 3. The van der Waals surface area contributed by atoms with Gasteiger partial charge in [0, 0.05) is 36.8 Å². The third kappa shape index (κ3) is 4.06. The molecule has 1 atom stereocenters. The lowest BCUT2D eigenvalue weighted by Crippen LogP contribution is -2.35. The number of hydrogen-bond donors (Lipinski definition) is 1. The van der Waals surface area contributed by atoms with Gasteiger partial charge in [-0.15, -0.1) is 0 Å². The van der Waals surface area contributed by atoms with Crippen LogP contribution in [0.3, 0.4) is 0 Å². The van der Waals surface area contributed by atoms with Gasteiger partial charge in [-0.2, -0.15) is 0 Å². The fourth-order valence-electron chi connectivity index (χ4n) is 2.55. The first-order valence-corrected chi connectivity index (χ1v) is 7.80. The van der Waals surface area contributed by atoms with Crippen molar-refractivity contribution >= 4 is 17.8 Å². The largest absolute Gasteiger partial charge is 0.442 e. The van der Waals surface area contributed by atoms with Crippen molar-refractivity contribution < 1.29 is 19.1 Å². The fourth-order valence-corrected chi connectivity index (χ4v) is 2.55. The van der Waals surface area contributed by atoms with Crippen LogP contribution in [0.25, 0.3) is 0 Å². The molecule has 0 aromatic carbocycles. The summed E-state index contributed by atoms with van der Waals surface area (Å²) in [5.74, 6) is -0.330. The van der Waals surface area contributed by atoms with Gasteiger partial charge in [0.2, 0.25) is 5.91 Å². The molecular weight excluding hydrogens is 298 g/mol. The van der Waals surface area contributed by atoms with Gasteiger partial charge in [0.25, 0.3) is 0 Å². The molecule has 7 nitrogen and oxygen atoms in total. The van der Waals surface area contributed by atoms with E-state index in [1.54, 1.807) is 23.2 Å². The number of carbonyl (C=O) groups is 3. The highest BCUT2D eigenvalue weighted by molar-refractivity contribution is 5.97. The maximum absolute atomic E-state index is 11.9. The van der Waals surface area contributed by atoms with E-state index in [4.69, 9.17) is 4.74 Å². The summed E-state index contributed by atoms with van der Waals surface area (Å²) in [5.41, 5.74) is 0.505. The molecule has 7 heteroatoms. The Morgan fingerprint density at radius 1 is 1.35 bits per heavy atom. The molecule has 0 spiro atoms. The molecule has 1 saturated heterocycles. The highest BCUT2D eigenvalue weighted by Gasteiger charge is 2.40. The van der Waals surface area contributed by atoms with Crippen LogP contribution in [0, 0.1) is 0 Å². The van der Waals surface area contributed by atoms with Crippen molar-refractivity contribution in [1.82, 2.24) is 15.2 Å². The number of aromatic nitrogens is 1. The summed E-state index contributed by atoms with van der Waals surface area (Å²) >= 11 is 0. The van der Waals surface area contributed by atoms with Crippen LogP contribution in [0.5, 0.6) is 0 Å². The molecule has 1 N–H and O–H groups in total. The number of ketones is 1. The standard InChI is InChI=1S/C16H19N3O4/c20-14(11-2-1-7-17-8-11)5-6-15(21)18-9-13-10-19(12-3-4-12)16(22)23-13/h1-2,7-8,12-13H,3-6,9-10H2,(H,18,21). The van der Waals surface area contributed by atoms with Crippen LogP contribution in [0.4, 0.5) is 4.79 Å². The molecule has 1 aromatic rings. The zero-order valence-corrected chi connectivity index (χ0v) is 12.7. The minimum Gasteiger partial charge on any atom is -0.442 e. The zero-order chi connectivity index (χ0) is 16.2. The molecule has 1 aliphatic carbocycles. The third-order valence-electron chi connectivity index (χ3n) is 3.98. The molecule has 1 unspecified atom stereocenters. The number of cyclic esters (lactones) is 1. The van der Waals surface area contributed by atoms with E-state index in [0.29, 0.717) is 18.2 Å². The highest BCUT2D eigenvalue weighted by atomic mass is 16.6. The number of rotatable bonds is 7. The van der Waals surface area contributed by atoms with E-state index in [0.717, 1.165) is 12.8 Å². The van der Waals surface area contributed by atoms with E-state index in [1.807, 2.05) is 0 Å². The summed E-state index contributed by atoms with van der Waals surface area (Å²) < 4.78 is 5.22. The molecule has 23 heavy (non-hydrogen) atoms. The molecule has 0 bridgehead atoms. The second kappa shape index (κ2) is 6.76. The van der Waals surface area contributed by atoms with Crippen molar-refractivity contribution in [3.8, 4) is 0 Å². The number of ether oxygens (including phenoxy) is 1. The molecule has 0 radical (unpaired) electrons. The number of nitrogens with zero attached hydrogens (tertiary/aromatic N) is 2. The van der Waals surface area contributed by atoms with Gasteiger partial charge in [0.15, 0.2) is 5.78 Å². The molecule has 2 amide bonds. The molecule has 1 aromatic heterocycles. The van der Waals surface area contributed by atoms with Crippen molar-refractivity contribution in [3.63, 3.8) is 0 Å². The Hall–Kier alpha value is -2.44. The topological polar surface area (TPSA) is 88.6 Å². The number of pyridine rings is 1. The minimum absolute atomic E-state index is 0.111. The number of amides is 2. The van der Waals surface area contributed by atoms with Gasteiger partial charge in [-0.3, -0.25) is 14.6 Å². The molecule has 2 aliphatic rings. The van der Waals surface area contributed by atoms with Gasteiger partial charge in [0.1, 0.15) is 6.10 Å². The van der Waals surface area contributed by atoms with Crippen molar-refractivity contribution in [2.24, 2.45) is 0 Å². The molecule has 1 aliphatic heterocycles. The minimum atomic E-state index is -0.305. The Balaban J connectivity index is 1.37. The van der Waals surface area contributed by atoms with Crippen LogP contribution < -0.4 is 5.32 Å². The number of hydrogen-bond acceptors (Lipinski definition) is 5. The Kier molecular flexibility index (Phi) is 4.55. The SMILES string of the molecule is O=C(CCC(=O)c1cccnc1)NCC1CN(C2CC2)C(=O)O1. The molecular formula is C16H19N3O4. The second-order valence-electron chi connectivity index (χ2n) is 5.86. The van der Waals surface area contributed by atoms with Crippen LogP contribution in [0.1, 0.15) is 36.0 Å². The smallest absolute Gasteiger partial charge is 0.410 e. The summed E-state index contributed by atoms with van der Waals surface area (Å²) in [7, 11) is 0. The van der Waals surface area contributed by atoms with E-state index in [9.17, 15) is 14.4 Å². The van der Waals surface area contributed by atoms with E-state index >= 15 is 0 Å². The predicted molar refractivity (Wildman–Crippen MR) is 80.8 cm³/mol. The first-order chi connectivity index (χ1) is 11.1. The quantitative estimate of drug-likeness (QED) is 0.762. The maximum atomic E-state index is 11.9. The van der Waals surface area contributed by atoms with Crippen molar-refractivity contribution in [2.45, 2.75) is 37.8 Å². The number of Topliss-reactive ketones (excluding diaryl/α,β-unsaturated/α-hetero) is 1. The molecule has 1 saturated carbocycles. The van der Waals surface area contributed by atoms with Gasteiger partial charge < -0.3 is 15.0 Å². The zero-order valence-electron chi connectivity index (χ0n) is 12.7. The van der Waals surface area contributed by atoms with Crippen molar-refractivity contribution in [2.75, 3.05) is 13.1 Å². The van der Waals surface area contributed by atoms with E-state index in [2.05, 4.69) is 10.3 Å². The van der Waals surface area contributed by atoms with Gasteiger partial charge in [-0.1, -0.05) is 0 Å². The molecule has 3 rings (SSSR count). The van der Waals surface area contributed by atoms with Crippen molar-refractivity contribution in [3.05, 3.63) is 30.1 Å². The molecule has 122 valence electrons. The van der Waals surface area contributed by atoms with Crippen molar-refractivity contribution in [1.29, 1.82) is 0 Å². The van der Waals surface area contributed by atoms with Gasteiger partial charge in [-0.25, -0.2) is 4.79 Å². The maximum Gasteiger partial charge on any atom is 0.410 e. The van der Waals surface area contributed by atoms with Crippen LogP contribution in [-0.4, -0.2) is 52.9 Å². The van der Waals surface area contributed by atoms with Crippen LogP contribution in [0.15, 0.2) is 24.5 Å². The summed E-state index contributed by atoms with van der Waals surface area (Å²) in [6.45, 7) is 0.813. The Labute approximate surface area is 134 Å². The summed E-state index contributed by atoms with van der Waals surface area (Å²) in [5, 5.41) is 2.72. The monoisotopic (exact) mass is 317 g/mol. The number of nitrogens with one attached hydrogen (secondary N) is 1. The second-order valence-corrected chi connectivity index (χ2v) is 5.86. The third-order valence-corrected chi connectivity index (χ3v) is 3.98. The van der Waals surface area contributed by atoms with Gasteiger partial charge in [0.05, 0.1) is 13.1 Å². The first kappa shape index (κ1) is 15.5. The Morgan fingerprint density at radius 3 is 2.87 bits per heavy atom. The average Bonchev–Trinajstić information content (AvgIpc) is 3.34. The first-order valence-electron chi connectivity index (χ1n) is 7.80. The normalized spacial score (nSPS) is 20.3. The van der Waals surface area contributed by atoms with Crippen LogP contribution >= 0.6 is 0 Å². The lowest BCUT2D eigenvalue weighted by Gasteiger charge is -2.11. The highest BCUT2D eigenvalue weighted by Crippen LogP contribution is 2.30. The van der Waals surface area contributed by atoms with E-state index in [-0.39, 0.29) is 43.3 Å². The Bertz CT molecular complexity index is 601. The van der Waals surface area contributed by atoms with Gasteiger partial charge in [-0.05, 0) is 25.0 Å². The Morgan fingerprint density at radius 2 is 2.17 bits per heavy atom. The lowest BCUT2D eigenvalue weighted by atomic mass is 10.1. The van der Waals surface area contributed by atoms with E-state index < -0.39 is 0 Å². The van der Waals surface area contributed by atoms with Crippen LogP contribution in [-0.2, 0) is 9.53 Å². The average molecular weight is 317 g/mol. The summed E-state index contributed by atoms with van der Waals surface area (Å²) in [6, 6.07) is 3.69. The molecule has 2 heterocycles. The lowest BCUT2D eigenvalue weighted by molar-refractivity contribution is -0.121. The fraction of sp³-hybridized carbons (Fsp3) is 0.500. The van der Waals surface area contributed by atoms with E-state index in [1.165, 1.54) is 6.20 Å². The van der Waals surface area contributed by atoms with Gasteiger partial charge >= 0.3 is 6.09 Å².